The van der Waals surface area contributed by atoms with E-state index < -0.39 is 0 Å². The Labute approximate surface area is 129 Å². The van der Waals surface area contributed by atoms with Gasteiger partial charge >= 0.3 is 0 Å². The van der Waals surface area contributed by atoms with E-state index in [4.69, 9.17) is 0 Å². The van der Waals surface area contributed by atoms with E-state index in [1.807, 2.05) is 0 Å². The molecule has 1 nitrogen and oxygen atoms in total. The van der Waals surface area contributed by atoms with Crippen LogP contribution in [0.1, 0.15) is 57.7 Å². The molecule has 3 unspecified atom stereocenters. The molecule has 0 amide bonds. The molecule has 0 saturated carbocycles. The summed E-state index contributed by atoms with van der Waals surface area (Å²) in [5, 5.41) is 4.34. The minimum Gasteiger partial charge on any atom is -0.309 e. The molecule has 0 spiro atoms. The molecule has 1 aromatic rings. The van der Waals surface area contributed by atoms with Gasteiger partial charge in [0.15, 0.2) is 0 Å². The van der Waals surface area contributed by atoms with Crippen LogP contribution in [-0.4, -0.2) is 17.5 Å². The molecule has 1 N–H and O–H groups in total. The van der Waals surface area contributed by atoms with Crippen LogP contribution in [0.2, 0.25) is 0 Å². The zero-order valence-corrected chi connectivity index (χ0v) is 14.6. The molecular weight excluding hydrogens is 262 g/mol. The Morgan fingerprint density at radius 3 is 2.30 bits per heavy atom. The summed E-state index contributed by atoms with van der Waals surface area (Å²) in [7, 11) is 0. The van der Waals surface area contributed by atoms with Crippen molar-refractivity contribution in [2.24, 2.45) is 5.92 Å². The topological polar surface area (TPSA) is 12.0 Å². The maximum absolute atomic E-state index is 3.73. The van der Waals surface area contributed by atoms with E-state index in [9.17, 15) is 0 Å². The summed E-state index contributed by atoms with van der Waals surface area (Å²) < 4.78 is 0. The van der Waals surface area contributed by atoms with Gasteiger partial charge in [-0.2, -0.15) is 11.8 Å². The Hall–Kier alpha value is -0.470. The SMILES string of the molecule is CCCNC(c1ccc(C)cc1)C(C)SCC(C)CC. The van der Waals surface area contributed by atoms with Crippen LogP contribution in [0.4, 0.5) is 0 Å². The highest BCUT2D eigenvalue weighted by molar-refractivity contribution is 7.99. The van der Waals surface area contributed by atoms with Gasteiger partial charge in [0.05, 0.1) is 0 Å². The normalized spacial score (nSPS) is 15.8. The van der Waals surface area contributed by atoms with Gasteiger partial charge in [-0.25, -0.2) is 0 Å². The van der Waals surface area contributed by atoms with Crippen molar-refractivity contribution in [3.63, 3.8) is 0 Å². The third-order valence-corrected chi connectivity index (χ3v) is 5.42. The van der Waals surface area contributed by atoms with E-state index in [-0.39, 0.29) is 0 Å². The summed E-state index contributed by atoms with van der Waals surface area (Å²) in [6.45, 7) is 12.5. The molecule has 0 aliphatic rings. The first kappa shape index (κ1) is 17.6. The summed E-state index contributed by atoms with van der Waals surface area (Å²) in [6, 6.07) is 9.47. The predicted molar refractivity (Wildman–Crippen MR) is 93.6 cm³/mol. The average Bonchev–Trinajstić information content (AvgIpc) is 2.46. The van der Waals surface area contributed by atoms with E-state index in [2.05, 4.69) is 76.0 Å². The lowest BCUT2D eigenvalue weighted by Gasteiger charge is -2.26. The van der Waals surface area contributed by atoms with Crippen LogP contribution in [-0.2, 0) is 0 Å². The summed E-state index contributed by atoms with van der Waals surface area (Å²) in [5.74, 6) is 2.07. The molecule has 0 bridgehead atoms. The first-order chi connectivity index (χ1) is 9.58. The van der Waals surface area contributed by atoms with Crippen molar-refractivity contribution < 1.29 is 0 Å². The number of benzene rings is 1. The van der Waals surface area contributed by atoms with Gasteiger partial charge in [-0.3, -0.25) is 0 Å². The molecule has 1 aromatic carbocycles. The summed E-state index contributed by atoms with van der Waals surface area (Å²) in [4.78, 5) is 0. The Balaban J connectivity index is 2.69. The molecule has 1 rings (SSSR count). The molecule has 0 aliphatic carbocycles. The van der Waals surface area contributed by atoms with Crippen LogP contribution in [0.3, 0.4) is 0 Å². The first-order valence-electron chi connectivity index (χ1n) is 8.00. The maximum atomic E-state index is 3.73. The predicted octanol–water partition coefficient (Wildman–Crippen LogP) is 5.20. The number of thioether (sulfide) groups is 1. The second-order valence-corrected chi connectivity index (χ2v) is 7.30. The van der Waals surface area contributed by atoms with Crippen LogP contribution in [0.5, 0.6) is 0 Å². The number of aryl methyl sites for hydroxylation is 1. The minimum atomic E-state index is 0.463. The van der Waals surface area contributed by atoms with E-state index in [0.29, 0.717) is 11.3 Å². The summed E-state index contributed by atoms with van der Waals surface area (Å²) in [6.07, 6.45) is 2.46. The highest BCUT2D eigenvalue weighted by Gasteiger charge is 2.19. The molecule has 0 saturated heterocycles. The van der Waals surface area contributed by atoms with E-state index in [0.717, 1.165) is 12.5 Å². The van der Waals surface area contributed by atoms with Gasteiger partial charge in [-0.15, -0.1) is 0 Å². The lowest BCUT2D eigenvalue weighted by Crippen LogP contribution is -2.29. The molecule has 3 atom stereocenters. The van der Waals surface area contributed by atoms with Crippen LogP contribution in [0.15, 0.2) is 24.3 Å². The molecule has 0 heterocycles. The smallest absolute Gasteiger partial charge is 0.0437 e. The van der Waals surface area contributed by atoms with Gasteiger partial charge in [-0.05, 0) is 37.1 Å². The van der Waals surface area contributed by atoms with Crippen molar-refractivity contribution in [2.75, 3.05) is 12.3 Å². The summed E-state index contributed by atoms with van der Waals surface area (Å²) >= 11 is 2.10. The Morgan fingerprint density at radius 2 is 1.75 bits per heavy atom. The average molecular weight is 294 g/mol. The fourth-order valence-electron chi connectivity index (χ4n) is 2.16. The number of nitrogens with one attached hydrogen (secondary N) is 1. The molecule has 0 aliphatic heterocycles. The fraction of sp³-hybridized carbons (Fsp3) is 0.667. The van der Waals surface area contributed by atoms with Gasteiger partial charge < -0.3 is 5.32 Å². The monoisotopic (exact) mass is 293 g/mol. The standard InChI is InChI=1S/C18H31NS/c1-6-12-19-18(16(5)20-13-14(3)7-2)17-10-8-15(4)9-11-17/h8-11,14,16,18-19H,6-7,12-13H2,1-5H3. The van der Waals surface area contributed by atoms with Crippen molar-refractivity contribution in [3.05, 3.63) is 35.4 Å². The lowest BCUT2D eigenvalue weighted by atomic mass is 10.0. The van der Waals surface area contributed by atoms with Gasteiger partial charge in [0, 0.05) is 11.3 Å². The maximum Gasteiger partial charge on any atom is 0.0437 e. The number of hydrogen-bond donors (Lipinski definition) is 1. The molecule has 0 aromatic heterocycles. The van der Waals surface area contributed by atoms with Crippen LogP contribution >= 0.6 is 11.8 Å². The highest BCUT2D eigenvalue weighted by atomic mass is 32.2. The van der Waals surface area contributed by atoms with E-state index >= 15 is 0 Å². The Bertz CT molecular complexity index is 360. The van der Waals surface area contributed by atoms with Crippen molar-refractivity contribution in [3.8, 4) is 0 Å². The molecular formula is C18H31NS. The number of hydrogen-bond acceptors (Lipinski definition) is 2. The van der Waals surface area contributed by atoms with Gasteiger partial charge in [-0.1, -0.05) is 63.9 Å². The molecule has 2 heteroatoms. The number of rotatable bonds is 9. The molecule has 0 radical (unpaired) electrons. The molecule has 0 fully saturated rings. The molecule has 114 valence electrons. The lowest BCUT2D eigenvalue weighted by molar-refractivity contribution is 0.526. The zero-order chi connectivity index (χ0) is 15.0. The third-order valence-electron chi connectivity index (χ3n) is 3.86. The van der Waals surface area contributed by atoms with E-state index in [1.54, 1.807) is 0 Å². The van der Waals surface area contributed by atoms with Crippen molar-refractivity contribution in [1.82, 2.24) is 5.32 Å². The van der Waals surface area contributed by atoms with Crippen molar-refractivity contribution >= 4 is 11.8 Å². The summed E-state index contributed by atoms with van der Waals surface area (Å²) in [5.41, 5.74) is 2.76. The van der Waals surface area contributed by atoms with Gasteiger partial charge in [0.1, 0.15) is 0 Å². The Kier molecular flexibility index (Phi) is 8.32. The second kappa shape index (κ2) is 9.46. The minimum absolute atomic E-state index is 0.463. The second-order valence-electron chi connectivity index (χ2n) is 5.89. The first-order valence-corrected chi connectivity index (χ1v) is 9.04. The largest absolute Gasteiger partial charge is 0.309 e. The molecule has 20 heavy (non-hydrogen) atoms. The highest BCUT2D eigenvalue weighted by Crippen LogP contribution is 2.28. The van der Waals surface area contributed by atoms with Gasteiger partial charge in [0.25, 0.3) is 0 Å². The third kappa shape index (κ3) is 5.88. The van der Waals surface area contributed by atoms with Gasteiger partial charge in [0.2, 0.25) is 0 Å². The van der Waals surface area contributed by atoms with Crippen molar-refractivity contribution in [1.29, 1.82) is 0 Å². The van der Waals surface area contributed by atoms with E-state index in [1.165, 1.54) is 29.7 Å². The zero-order valence-electron chi connectivity index (χ0n) is 13.8. The quantitative estimate of drug-likeness (QED) is 0.671. The Morgan fingerprint density at radius 1 is 1.10 bits per heavy atom. The van der Waals surface area contributed by atoms with Crippen LogP contribution in [0, 0.1) is 12.8 Å². The van der Waals surface area contributed by atoms with Crippen LogP contribution < -0.4 is 5.32 Å². The fourth-order valence-corrected chi connectivity index (χ4v) is 3.47. The van der Waals surface area contributed by atoms with Crippen molar-refractivity contribution in [2.45, 2.75) is 58.8 Å². The van der Waals surface area contributed by atoms with Crippen LogP contribution in [0.25, 0.3) is 0 Å².